The summed E-state index contributed by atoms with van der Waals surface area (Å²) < 4.78 is 43.0. The molecule has 0 saturated carbocycles. The van der Waals surface area contributed by atoms with Crippen LogP contribution in [0.25, 0.3) is 10.4 Å². The van der Waals surface area contributed by atoms with E-state index >= 15 is 0 Å². The SMILES string of the molecule is CC(C)COc1cc(N=[N+]=[N-])cc(C(F)(F)F)c1. The normalized spacial score (nSPS) is 11.2. The van der Waals surface area contributed by atoms with Gasteiger partial charge in [-0.3, -0.25) is 0 Å². The van der Waals surface area contributed by atoms with Crippen molar-refractivity contribution in [1.82, 2.24) is 0 Å². The Balaban J connectivity index is 3.10. The number of hydrogen-bond donors (Lipinski definition) is 0. The minimum atomic E-state index is -4.50. The highest BCUT2D eigenvalue weighted by Crippen LogP contribution is 2.35. The molecule has 0 fully saturated rings. The van der Waals surface area contributed by atoms with Crippen LogP contribution in [0.4, 0.5) is 18.9 Å². The minimum Gasteiger partial charge on any atom is -0.493 e. The van der Waals surface area contributed by atoms with Crippen molar-refractivity contribution in [3.05, 3.63) is 34.2 Å². The fraction of sp³-hybridized carbons (Fsp3) is 0.455. The number of azide groups is 1. The summed E-state index contributed by atoms with van der Waals surface area (Å²) in [6, 6.07) is 2.94. The lowest BCUT2D eigenvalue weighted by Gasteiger charge is -2.12. The molecule has 4 nitrogen and oxygen atoms in total. The Morgan fingerprint density at radius 3 is 2.50 bits per heavy atom. The second kappa shape index (κ2) is 5.64. The molecule has 0 N–H and O–H groups in total. The molecule has 18 heavy (non-hydrogen) atoms. The Kier molecular flexibility index (Phi) is 4.44. The van der Waals surface area contributed by atoms with E-state index in [0.717, 1.165) is 12.1 Å². The summed E-state index contributed by atoms with van der Waals surface area (Å²) in [6.07, 6.45) is -4.50. The number of hydrogen-bond acceptors (Lipinski definition) is 2. The highest BCUT2D eigenvalue weighted by Gasteiger charge is 2.31. The molecular formula is C11H12F3N3O. The first-order valence-corrected chi connectivity index (χ1v) is 5.23. The Morgan fingerprint density at radius 2 is 2.00 bits per heavy atom. The molecule has 1 aromatic rings. The molecule has 0 atom stereocenters. The van der Waals surface area contributed by atoms with Crippen molar-refractivity contribution in [3.63, 3.8) is 0 Å². The molecule has 1 rings (SSSR count). The van der Waals surface area contributed by atoms with Crippen LogP contribution in [0.15, 0.2) is 23.3 Å². The van der Waals surface area contributed by atoms with Crippen molar-refractivity contribution in [2.45, 2.75) is 20.0 Å². The highest BCUT2D eigenvalue weighted by atomic mass is 19.4. The third-order valence-corrected chi connectivity index (χ3v) is 1.96. The average Bonchev–Trinajstić information content (AvgIpc) is 2.25. The average molecular weight is 259 g/mol. The van der Waals surface area contributed by atoms with Crippen LogP contribution in [-0.2, 0) is 6.18 Å². The van der Waals surface area contributed by atoms with Gasteiger partial charge in [0, 0.05) is 10.6 Å². The van der Waals surface area contributed by atoms with E-state index in [1.54, 1.807) is 0 Å². The number of nitrogens with zero attached hydrogens (tertiary/aromatic N) is 3. The topological polar surface area (TPSA) is 58.0 Å². The molecule has 98 valence electrons. The molecule has 0 aliphatic rings. The summed E-state index contributed by atoms with van der Waals surface area (Å²) >= 11 is 0. The second-order valence-corrected chi connectivity index (χ2v) is 4.11. The van der Waals surface area contributed by atoms with E-state index in [1.165, 1.54) is 6.07 Å². The fourth-order valence-electron chi connectivity index (χ4n) is 1.20. The second-order valence-electron chi connectivity index (χ2n) is 4.11. The van der Waals surface area contributed by atoms with E-state index in [1.807, 2.05) is 13.8 Å². The Morgan fingerprint density at radius 1 is 1.33 bits per heavy atom. The van der Waals surface area contributed by atoms with Crippen LogP contribution in [0.3, 0.4) is 0 Å². The minimum absolute atomic E-state index is 0.0425. The lowest BCUT2D eigenvalue weighted by atomic mass is 10.2. The Labute approximate surface area is 102 Å². The summed E-state index contributed by atoms with van der Waals surface area (Å²) in [5, 5.41) is 3.17. The van der Waals surface area contributed by atoms with Gasteiger partial charge in [-0.25, -0.2) is 0 Å². The highest BCUT2D eigenvalue weighted by molar-refractivity contribution is 5.47. The van der Waals surface area contributed by atoms with Gasteiger partial charge in [0.2, 0.25) is 0 Å². The zero-order valence-electron chi connectivity index (χ0n) is 9.90. The van der Waals surface area contributed by atoms with Crippen LogP contribution >= 0.6 is 0 Å². The van der Waals surface area contributed by atoms with Crippen molar-refractivity contribution in [1.29, 1.82) is 0 Å². The van der Waals surface area contributed by atoms with E-state index in [9.17, 15) is 13.2 Å². The maximum atomic E-state index is 12.6. The van der Waals surface area contributed by atoms with Crippen molar-refractivity contribution < 1.29 is 17.9 Å². The van der Waals surface area contributed by atoms with E-state index in [0.29, 0.717) is 0 Å². The predicted octanol–water partition coefficient (Wildman–Crippen LogP) is 4.68. The molecule has 0 radical (unpaired) electrons. The number of alkyl halides is 3. The number of halogens is 3. The van der Waals surface area contributed by atoms with Crippen LogP contribution in [0.1, 0.15) is 19.4 Å². The van der Waals surface area contributed by atoms with Crippen molar-refractivity contribution in [2.24, 2.45) is 11.0 Å². The van der Waals surface area contributed by atoms with Gasteiger partial charge in [0.1, 0.15) is 5.75 Å². The standard InChI is InChI=1S/C11H12F3N3O/c1-7(2)6-18-10-4-8(11(12,13)14)3-9(5-10)16-17-15/h3-5,7H,6H2,1-2H3. The first-order chi connectivity index (χ1) is 8.32. The van der Waals surface area contributed by atoms with E-state index in [4.69, 9.17) is 10.3 Å². The first kappa shape index (κ1) is 14.2. The molecule has 0 unspecified atom stereocenters. The first-order valence-electron chi connectivity index (χ1n) is 5.23. The van der Waals surface area contributed by atoms with Gasteiger partial charge >= 0.3 is 6.18 Å². The summed E-state index contributed by atoms with van der Waals surface area (Å²) in [6.45, 7) is 4.04. The van der Waals surface area contributed by atoms with Gasteiger partial charge in [-0.15, -0.1) is 0 Å². The molecule has 0 saturated heterocycles. The summed E-state index contributed by atoms with van der Waals surface area (Å²) in [5.41, 5.74) is 7.24. The molecule has 7 heteroatoms. The molecule has 1 aromatic carbocycles. The molecule has 0 heterocycles. The summed E-state index contributed by atoms with van der Waals surface area (Å²) in [7, 11) is 0. The predicted molar refractivity (Wildman–Crippen MR) is 60.6 cm³/mol. The Bertz CT molecular complexity index is 465. The third kappa shape index (κ3) is 4.18. The van der Waals surface area contributed by atoms with Crippen LogP contribution in [0.5, 0.6) is 5.75 Å². The van der Waals surface area contributed by atoms with Crippen LogP contribution in [-0.4, -0.2) is 6.61 Å². The van der Waals surface area contributed by atoms with Gasteiger partial charge in [-0.2, -0.15) is 13.2 Å². The molecule has 0 spiro atoms. The van der Waals surface area contributed by atoms with Gasteiger partial charge in [0.25, 0.3) is 0 Å². The van der Waals surface area contributed by atoms with E-state index < -0.39 is 11.7 Å². The van der Waals surface area contributed by atoms with Gasteiger partial charge in [-0.05, 0) is 29.6 Å². The molecule has 0 bridgehead atoms. The molecular weight excluding hydrogens is 247 g/mol. The zero-order valence-corrected chi connectivity index (χ0v) is 9.90. The van der Waals surface area contributed by atoms with Gasteiger partial charge in [-0.1, -0.05) is 19.0 Å². The van der Waals surface area contributed by atoms with Crippen LogP contribution in [0, 0.1) is 5.92 Å². The maximum absolute atomic E-state index is 12.6. The largest absolute Gasteiger partial charge is 0.493 e. The summed E-state index contributed by atoms with van der Waals surface area (Å²) in [5.74, 6) is 0.225. The lowest BCUT2D eigenvalue weighted by molar-refractivity contribution is -0.137. The van der Waals surface area contributed by atoms with Gasteiger partial charge in [0.05, 0.1) is 12.2 Å². The Hall–Kier alpha value is -1.88. The lowest BCUT2D eigenvalue weighted by Crippen LogP contribution is -2.07. The fourth-order valence-corrected chi connectivity index (χ4v) is 1.20. The third-order valence-electron chi connectivity index (χ3n) is 1.96. The van der Waals surface area contributed by atoms with Crippen molar-refractivity contribution in [3.8, 4) is 5.75 Å². The number of rotatable bonds is 4. The molecule has 0 aliphatic heterocycles. The number of ether oxygens (including phenoxy) is 1. The quantitative estimate of drug-likeness (QED) is 0.440. The number of benzene rings is 1. The van der Waals surface area contributed by atoms with Crippen LogP contribution in [0.2, 0.25) is 0 Å². The molecule has 0 amide bonds. The van der Waals surface area contributed by atoms with Crippen molar-refractivity contribution >= 4 is 5.69 Å². The van der Waals surface area contributed by atoms with Crippen molar-refractivity contribution in [2.75, 3.05) is 6.61 Å². The van der Waals surface area contributed by atoms with E-state index in [-0.39, 0.29) is 24.0 Å². The van der Waals surface area contributed by atoms with Crippen LogP contribution < -0.4 is 4.74 Å². The maximum Gasteiger partial charge on any atom is 0.416 e. The smallest absolute Gasteiger partial charge is 0.416 e. The molecule has 0 aromatic heterocycles. The van der Waals surface area contributed by atoms with E-state index in [2.05, 4.69) is 10.0 Å². The monoisotopic (exact) mass is 259 g/mol. The zero-order chi connectivity index (χ0) is 13.8. The van der Waals surface area contributed by atoms with Gasteiger partial charge < -0.3 is 4.74 Å². The molecule has 0 aliphatic carbocycles. The summed E-state index contributed by atoms with van der Waals surface area (Å²) in [4.78, 5) is 2.47. The van der Waals surface area contributed by atoms with Gasteiger partial charge in [0.15, 0.2) is 0 Å².